The van der Waals surface area contributed by atoms with Gasteiger partial charge in [-0.25, -0.2) is 0 Å². The molecule has 0 radical (unpaired) electrons. The molecule has 2 nitrogen and oxygen atoms in total. The maximum absolute atomic E-state index is 7.73. The maximum atomic E-state index is 7.73. The first-order valence-corrected chi connectivity index (χ1v) is 18.1. The average Bonchev–Trinajstić information content (AvgIpc) is 3.37. The Hall–Kier alpha value is -2.44. The Morgan fingerprint density at radius 2 is 1.07 bits per heavy atom. The van der Waals surface area contributed by atoms with Gasteiger partial charge in [-0.2, -0.15) is 0 Å². The molecule has 216 valence electrons. The molecule has 0 aliphatic rings. The van der Waals surface area contributed by atoms with Crippen molar-refractivity contribution in [3.05, 3.63) is 123 Å². The Bertz CT molecular complexity index is 1450. The fraction of sp³-hybridized carbons (Fsp3) is 0.361. The third-order valence-electron chi connectivity index (χ3n) is 7.48. The van der Waals surface area contributed by atoms with E-state index in [1.165, 1.54) is 39.2 Å². The topological polar surface area (TPSA) is 9.86 Å². The molecule has 4 heteroatoms. The predicted octanol–water partition coefficient (Wildman–Crippen LogP) is 11.0. The third kappa shape index (κ3) is 5.94. The molecule has 0 saturated carbocycles. The summed E-state index contributed by atoms with van der Waals surface area (Å²) in [4.78, 5) is 0. The number of allylic oxidation sites excluding steroid dienone is 1. The first kappa shape index (κ1) is 30.5. The molecule has 4 rings (SSSR count). The summed E-state index contributed by atoms with van der Waals surface area (Å²) in [7, 11) is 7.73. The molecule has 0 bridgehead atoms. The quantitative estimate of drug-likeness (QED) is 0.126. The van der Waals surface area contributed by atoms with Crippen molar-refractivity contribution < 1.29 is 15.3 Å². The van der Waals surface area contributed by atoms with E-state index in [1.807, 2.05) is 6.08 Å². The van der Waals surface area contributed by atoms with Gasteiger partial charge in [-0.3, -0.25) is 0 Å². The summed E-state index contributed by atoms with van der Waals surface area (Å²) in [5.74, 6) is 1.63. The molecular weight excluding hydrogens is 602 g/mol. The monoisotopic (exact) mass is 646 g/mol. The van der Waals surface area contributed by atoms with Crippen molar-refractivity contribution in [3.63, 3.8) is 0 Å². The van der Waals surface area contributed by atoms with Crippen LogP contribution in [-0.4, -0.2) is 9.13 Å². The number of rotatable bonds is 9. The van der Waals surface area contributed by atoms with E-state index in [0.717, 1.165) is 3.89 Å². The van der Waals surface area contributed by atoms with Crippen LogP contribution in [0.25, 0.3) is 11.4 Å². The molecule has 0 amide bonds. The average molecular weight is 648 g/mol. The Labute approximate surface area is 251 Å². The number of benzene rings is 3. The van der Waals surface area contributed by atoms with Crippen molar-refractivity contribution in [2.24, 2.45) is 0 Å². The Morgan fingerprint density at radius 3 is 1.45 bits per heavy atom. The van der Waals surface area contributed by atoms with Gasteiger partial charge in [0.05, 0.1) is 0 Å². The van der Waals surface area contributed by atoms with Crippen LogP contribution in [0.4, 0.5) is 0 Å². The zero-order valence-electron chi connectivity index (χ0n) is 25.3. The van der Waals surface area contributed by atoms with Crippen LogP contribution < -0.4 is 0 Å². The third-order valence-corrected chi connectivity index (χ3v) is 12.1. The van der Waals surface area contributed by atoms with Crippen molar-refractivity contribution in [1.29, 1.82) is 0 Å². The minimum atomic E-state index is -1.88. The molecule has 40 heavy (non-hydrogen) atoms. The number of hydrogen-bond donors (Lipinski definition) is 0. The molecule has 0 aliphatic carbocycles. The normalized spacial score (nSPS) is 13.0. The minimum absolute atomic E-state index is 0.0559. The summed E-state index contributed by atoms with van der Waals surface area (Å²) >= 11 is -1.88. The first-order valence-electron chi connectivity index (χ1n) is 14.4. The van der Waals surface area contributed by atoms with Crippen LogP contribution in [0.2, 0.25) is 0 Å². The first-order chi connectivity index (χ1) is 19.1. The van der Waals surface area contributed by atoms with E-state index in [1.54, 1.807) is 0 Å². The molecular formula is C36H45ClN2Pd. The summed E-state index contributed by atoms with van der Waals surface area (Å²) in [6.07, 6.45) is 6.51. The molecule has 1 atom stereocenters. The van der Waals surface area contributed by atoms with Crippen LogP contribution in [0, 0.1) is 3.89 Å². The van der Waals surface area contributed by atoms with E-state index in [0.29, 0.717) is 23.7 Å². The van der Waals surface area contributed by atoms with Gasteiger partial charge >= 0.3 is 252 Å². The zero-order valence-corrected chi connectivity index (χ0v) is 27.6. The van der Waals surface area contributed by atoms with Gasteiger partial charge < -0.3 is 0 Å². The second-order valence-electron chi connectivity index (χ2n) is 11.7. The van der Waals surface area contributed by atoms with Gasteiger partial charge in [0.15, 0.2) is 0 Å². The van der Waals surface area contributed by atoms with Crippen molar-refractivity contribution in [1.82, 2.24) is 9.13 Å². The zero-order chi connectivity index (χ0) is 29.1. The Kier molecular flexibility index (Phi) is 9.94. The van der Waals surface area contributed by atoms with Crippen LogP contribution in [0.15, 0.2) is 91.8 Å². The van der Waals surface area contributed by atoms with Gasteiger partial charge in [-0.05, 0) is 0 Å². The molecule has 1 aromatic heterocycles. The second kappa shape index (κ2) is 13.0. The molecule has 4 aromatic rings. The molecule has 1 heterocycles. The van der Waals surface area contributed by atoms with Gasteiger partial charge in [-0.1, -0.05) is 0 Å². The molecule has 0 spiro atoms. The molecule has 0 aliphatic heterocycles. The van der Waals surface area contributed by atoms with E-state index in [9.17, 15) is 0 Å². The van der Waals surface area contributed by atoms with Crippen LogP contribution in [-0.2, 0) is 15.3 Å². The molecule has 1 unspecified atom stereocenters. The van der Waals surface area contributed by atoms with Gasteiger partial charge in [0.25, 0.3) is 0 Å². The molecule has 0 N–H and O–H groups in total. The van der Waals surface area contributed by atoms with Crippen molar-refractivity contribution in [2.45, 2.75) is 83.5 Å². The van der Waals surface area contributed by atoms with E-state index in [4.69, 9.17) is 9.53 Å². The second-order valence-corrected chi connectivity index (χ2v) is 16.0. The van der Waals surface area contributed by atoms with Crippen molar-refractivity contribution >= 4 is 9.53 Å². The van der Waals surface area contributed by atoms with Crippen LogP contribution in [0.3, 0.4) is 0 Å². The van der Waals surface area contributed by atoms with Crippen molar-refractivity contribution in [2.75, 3.05) is 0 Å². The Morgan fingerprint density at radius 1 is 0.625 bits per heavy atom. The molecule has 3 aromatic carbocycles. The van der Waals surface area contributed by atoms with E-state index < -0.39 is 15.3 Å². The fourth-order valence-corrected chi connectivity index (χ4v) is 10.0. The Balaban J connectivity index is 2.17. The van der Waals surface area contributed by atoms with Gasteiger partial charge in [0, 0.05) is 0 Å². The summed E-state index contributed by atoms with van der Waals surface area (Å²) in [5.41, 5.74) is 9.26. The molecule has 0 fully saturated rings. The van der Waals surface area contributed by atoms with E-state index in [-0.39, 0.29) is 4.39 Å². The number of hydrogen-bond acceptors (Lipinski definition) is 0. The number of aromatic nitrogens is 2. The molecule has 0 saturated heterocycles. The van der Waals surface area contributed by atoms with Crippen LogP contribution in [0.1, 0.15) is 111 Å². The van der Waals surface area contributed by atoms with E-state index >= 15 is 0 Å². The van der Waals surface area contributed by atoms with E-state index in [2.05, 4.69) is 150 Å². The fourth-order valence-electron chi connectivity index (χ4n) is 5.69. The predicted molar refractivity (Wildman–Crippen MR) is 170 cm³/mol. The van der Waals surface area contributed by atoms with Crippen molar-refractivity contribution in [3.8, 4) is 11.4 Å². The number of halogens is 1. The van der Waals surface area contributed by atoms with Gasteiger partial charge in [0.2, 0.25) is 0 Å². The summed E-state index contributed by atoms with van der Waals surface area (Å²) in [6.45, 7) is 22.6. The van der Waals surface area contributed by atoms with Gasteiger partial charge in [0.1, 0.15) is 0 Å². The SMILES string of the molecule is C=C[CH](c1ccccc1)[Pd]([Cl])=[c]1n(-c2cccc(C(C)C)c2C(C)C)ccn1-c1cccc(C(C)C)c1C(C)C. The summed E-state index contributed by atoms with van der Waals surface area (Å²) < 4.78 is 5.99. The summed E-state index contributed by atoms with van der Waals surface area (Å²) in [5, 5.41) is 0. The summed E-state index contributed by atoms with van der Waals surface area (Å²) in [6, 6.07) is 24.1. The van der Waals surface area contributed by atoms with Crippen LogP contribution in [0.5, 0.6) is 0 Å². The standard InChI is InChI=1S/C27H36N2.C9H9.ClH.Pd/c1-18(2)22-11-9-13-24(26(22)20(5)6)28-15-16-29(17-28)25-14-10-12-23(19(3)4)27(25)21(7)8;1-2-6-9-7-4-3-5-8-9;;/h9-16,18-21H,1-8H3;2-8H,1H2;1H;/q;;;+1/p-1. The number of nitrogens with zero attached hydrogens (tertiary/aromatic N) is 2. The van der Waals surface area contributed by atoms with Gasteiger partial charge in [-0.15, -0.1) is 0 Å². The number of imidazole rings is 1. The van der Waals surface area contributed by atoms with Crippen LogP contribution >= 0.6 is 9.53 Å².